The Morgan fingerprint density at radius 1 is 1.50 bits per heavy atom. The summed E-state index contributed by atoms with van der Waals surface area (Å²) < 4.78 is 0. The average Bonchev–Trinajstić information content (AvgIpc) is 3.06. The first-order valence-corrected chi connectivity index (χ1v) is 7.52. The van der Waals surface area contributed by atoms with Crippen molar-refractivity contribution in [3.8, 4) is 0 Å². The number of aliphatic hydroxyl groups excluding tert-OH is 1. The highest BCUT2D eigenvalue weighted by molar-refractivity contribution is 5.95. The van der Waals surface area contributed by atoms with E-state index in [0.717, 1.165) is 24.4 Å². The Bertz CT molecular complexity index is 627. The maximum Gasteiger partial charge on any atom is 0.254 e. The smallest absolute Gasteiger partial charge is 0.254 e. The van der Waals surface area contributed by atoms with E-state index in [9.17, 15) is 9.90 Å². The first kappa shape index (κ1) is 14.6. The Morgan fingerprint density at radius 2 is 2.41 bits per heavy atom. The summed E-state index contributed by atoms with van der Waals surface area (Å²) >= 11 is 0. The van der Waals surface area contributed by atoms with Gasteiger partial charge in [-0.2, -0.15) is 0 Å². The highest BCUT2D eigenvalue weighted by atomic mass is 16.3. The number of carbonyl (C=O) groups excluding carboxylic acids is 1. The van der Waals surface area contributed by atoms with Crippen LogP contribution >= 0.6 is 0 Å². The molecule has 22 heavy (non-hydrogen) atoms. The number of aromatic nitrogens is 2. The van der Waals surface area contributed by atoms with E-state index in [1.54, 1.807) is 23.4 Å². The number of likely N-dealkylation sites (tertiary alicyclic amines) is 1. The van der Waals surface area contributed by atoms with E-state index >= 15 is 0 Å². The monoisotopic (exact) mass is 300 g/mol. The molecule has 1 aliphatic heterocycles. The van der Waals surface area contributed by atoms with Gasteiger partial charge in [0.25, 0.3) is 5.91 Å². The number of aromatic amines is 1. The van der Waals surface area contributed by atoms with E-state index in [1.165, 1.54) is 0 Å². The average molecular weight is 300 g/mol. The van der Waals surface area contributed by atoms with Crippen molar-refractivity contribution in [2.24, 2.45) is 0 Å². The predicted octanol–water partition coefficient (Wildman–Crippen LogP) is 1.62. The van der Waals surface area contributed by atoms with E-state index in [2.05, 4.69) is 15.3 Å². The number of imidazole rings is 1. The second kappa shape index (κ2) is 6.62. The summed E-state index contributed by atoms with van der Waals surface area (Å²) in [5, 5.41) is 12.9. The third-order valence-electron chi connectivity index (χ3n) is 3.81. The number of rotatable bonds is 4. The van der Waals surface area contributed by atoms with E-state index in [-0.39, 0.29) is 5.91 Å². The summed E-state index contributed by atoms with van der Waals surface area (Å²) in [6, 6.07) is 7.43. The van der Waals surface area contributed by atoms with Crippen LogP contribution in [0, 0.1) is 0 Å². The van der Waals surface area contributed by atoms with Gasteiger partial charge in [0, 0.05) is 36.7 Å². The molecule has 3 rings (SSSR count). The van der Waals surface area contributed by atoms with E-state index in [4.69, 9.17) is 0 Å². The van der Waals surface area contributed by atoms with Crippen molar-refractivity contribution in [1.82, 2.24) is 14.9 Å². The van der Waals surface area contributed by atoms with Crippen molar-refractivity contribution in [2.45, 2.75) is 25.5 Å². The molecule has 6 nitrogen and oxygen atoms in total. The fraction of sp³-hybridized carbons (Fsp3) is 0.375. The van der Waals surface area contributed by atoms with Crippen LogP contribution in [0.4, 0.5) is 5.69 Å². The molecule has 1 aromatic carbocycles. The van der Waals surface area contributed by atoms with Crippen LogP contribution in [0.2, 0.25) is 0 Å². The summed E-state index contributed by atoms with van der Waals surface area (Å²) in [6.45, 7) is 1.70. The van der Waals surface area contributed by atoms with Crippen molar-refractivity contribution in [1.29, 1.82) is 0 Å². The Morgan fingerprint density at radius 3 is 3.18 bits per heavy atom. The largest absolute Gasteiger partial charge is 0.391 e. The van der Waals surface area contributed by atoms with Crippen LogP contribution < -0.4 is 5.32 Å². The molecule has 116 valence electrons. The molecule has 0 aliphatic carbocycles. The number of nitrogens with one attached hydrogen (secondary N) is 2. The first-order valence-electron chi connectivity index (χ1n) is 7.52. The zero-order valence-electron chi connectivity index (χ0n) is 12.3. The molecule has 3 N–H and O–H groups in total. The molecular formula is C16H20N4O2. The van der Waals surface area contributed by atoms with E-state index in [1.807, 2.05) is 18.2 Å². The SMILES string of the molecule is O=C(c1cccc(NCc2ncc[nH]2)c1)N1CCCC(O)C1. The Balaban J connectivity index is 1.66. The van der Waals surface area contributed by atoms with Crippen molar-refractivity contribution in [2.75, 3.05) is 18.4 Å². The number of hydrogen-bond donors (Lipinski definition) is 3. The second-order valence-corrected chi connectivity index (χ2v) is 5.52. The standard InChI is InChI=1S/C16H20N4O2/c21-14-5-2-8-20(11-14)16(22)12-3-1-4-13(9-12)19-10-15-17-6-7-18-15/h1,3-4,6-7,9,14,19,21H,2,5,8,10-11H2,(H,17,18). The second-order valence-electron chi connectivity index (χ2n) is 5.52. The fourth-order valence-electron chi connectivity index (χ4n) is 2.66. The van der Waals surface area contributed by atoms with Crippen molar-refractivity contribution in [3.63, 3.8) is 0 Å². The Kier molecular flexibility index (Phi) is 4.39. The number of β-amino-alcohol motifs (C(OH)–C–C–N with tert-alkyl or cyclic N) is 1. The lowest BCUT2D eigenvalue weighted by Crippen LogP contribution is -2.42. The van der Waals surface area contributed by atoms with E-state index < -0.39 is 6.10 Å². The quantitative estimate of drug-likeness (QED) is 0.801. The number of hydrogen-bond acceptors (Lipinski definition) is 4. The molecule has 2 heterocycles. The van der Waals surface area contributed by atoms with Crippen LogP contribution in [0.1, 0.15) is 29.0 Å². The van der Waals surface area contributed by atoms with Gasteiger partial charge in [-0.1, -0.05) is 6.07 Å². The summed E-state index contributed by atoms with van der Waals surface area (Å²) in [6.07, 6.45) is 4.70. The van der Waals surface area contributed by atoms with Gasteiger partial charge < -0.3 is 20.3 Å². The molecule has 1 saturated heterocycles. The lowest BCUT2D eigenvalue weighted by molar-refractivity contribution is 0.0474. The number of anilines is 1. The third-order valence-corrected chi connectivity index (χ3v) is 3.81. The van der Waals surface area contributed by atoms with Gasteiger partial charge >= 0.3 is 0 Å². The molecule has 0 bridgehead atoms. The molecule has 1 unspecified atom stereocenters. The third kappa shape index (κ3) is 3.46. The van der Waals surface area contributed by atoms with Crippen LogP contribution in [0.5, 0.6) is 0 Å². The molecule has 6 heteroatoms. The zero-order chi connectivity index (χ0) is 15.4. The van der Waals surface area contributed by atoms with Gasteiger partial charge in [-0.15, -0.1) is 0 Å². The lowest BCUT2D eigenvalue weighted by atomic mass is 10.1. The molecule has 1 amide bonds. The number of nitrogens with zero attached hydrogens (tertiary/aromatic N) is 2. The van der Waals surface area contributed by atoms with Gasteiger partial charge in [-0.3, -0.25) is 4.79 Å². The number of benzene rings is 1. The number of carbonyl (C=O) groups is 1. The molecule has 0 spiro atoms. The molecule has 0 saturated carbocycles. The van der Waals surface area contributed by atoms with Gasteiger partial charge in [0.15, 0.2) is 0 Å². The Labute approximate surface area is 129 Å². The maximum absolute atomic E-state index is 12.5. The summed E-state index contributed by atoms with van der Waals surface area (Å²) in [7, 11) is 0. The number of H-pyrrole nitrogens is 1. The van der Waals surface area contributed by atoms with Crippen molar-refractivity contribution < 1.29 is 9.90 Å². The molecule has 1 atom stereocenters. The highest BCUT2D eigenvalue weighted by Gasteiger charge is 2.23. The van der Waals surface area contributed by atoms with Gasteiger partial charge in [0.2, 0.25) is 0 Å². The van der Waals surface area contributed by atoms with Crippen molar-refractivity contribution >= 4 is 11.6 Å². The van der Waals surface area contributed by atoms with Crippen LogP contribution in [-0.4, -0.2) is 45.1 Å². The predicted molar refractivity (Wildman–Crippen MR) is 83.5 cm³/mol. The zero-order valence-corrected chi connectivity index (χ0v) is 12.3. The van der Waals surface area contributed by atoms with Gasteiger partial charge in [0.05, 0.1) is 12.6 Å². The van der Waals surface area contributed by atoms with Gasteiger partial charge in [-0.25, -0.2) is 4.98 Å². The highest BCUT2D eigenvalue weighted by Crippen LogP contribution is 2.17. The number of aliphatic hydroxyl groups is 1. The van der Waals surface area contributed by atoms with Gasteiger partial charge in [0.1, 0.15) is 5.82 Å². The fourth-order valence-corrected chi connectivity index (χ4v) is 2.66. The van der Waals surface area contributed by atoms with Crippen LogP contribution in [-0.2, 0) is 6.54 Å². The maximum atomic E-state index is 12.5. The summed E-state index contributed by atoms with van der Waals surface area (Å²) in [5.74, 6) is 0.816. The minimum atomic E-state index is -0.405. The lowest BCUT2D eigenvalue weighted by Gasteiger charge is -2.30. The molecular weight excluding hydrogens is 280 g/mol. The number of piperidine rings is 1. The first-order chi connectivity index (χ1) is 10.7. The number of amides is 1. The molecule has 2 aromatic rings. The van der Waals surface area contributed by atoms with Crippen LogP contribution in [0.15, 0.2) is 36.7 Å². The topological polar surface area (TPSA) is 81.2 Å². The van der Waals surface area contributed by atoms with E-state index in [0.29, 0.717) is 25.2 Å². The van der Waals surface area contributed by atoms with Crippen LogP contribution in [0.25, 0.3) is 0 Å². The molecule has 0 radical (unpaired) electrons. The minimum absolute atomic E-state index is 0.0274. The van der Waals surface area contributed by atoms with Crippen LogP contribution in [0.3, 0.4) is 0 Å². The Hall–Kier alpha value is -2.34. The van der Waals surface area contributed by atoms with Gasteiger partial charge in [-0.05, 0) is 31.0 Å². The molecule has 1 aliphatic rings. The van der Waals surface area contributed by atoms with Crippen molar-refractivity contribution in [3.05, 3.63) is 48.0 Å². The minimum Gasteiger partial charge on any atom is -0.391 e. The normalized spacial score (nSPS) is 18.2. The summed E-state index contributed by atoms with van der Waals surface area (Å²) in [5.41, 5.74) is 1.51. The molecule has 1 aromatic heterocycles. The molecule has 1 fully saturated rings. The summed E-state index contributed by atoms with van der Waals surface area (Å²) in [4.78, 5) is 21.4.